The van der Waals surface area contributed by atoms with E-state index in [-0.39, 0.29) is 12.3 Å². The van der Waals surface area contributed by atoms with Gasteiger partial charge >= 0.3 is 0 Å². The van der Waals surface area contributed by atoms with Crippen LogP contribution >= 0.6 is 23.1 Å². The molecule has 134 valence electrons. The van der Waals surface area contributed by atoms with Gasteiger partial charge in [-0.05, 0) is 37.3 Å². The van der Waals surface area contributed by atoms with E-state index in [9.17, 15) is 13.6 Å². The van der Waals surface area contributed by atoms with Crippen LogP contribution in [0.15, 0.2) is 52.7 Å². The number of rotatable bonds is 6. The molecule has 0 saturated carbocycles. The number of hydrogen-bond acceptors (Lipinski definition) is 4. The van der Waals surface area contributed by atoms with Crippen LogP contribution in [0.5, 0.6) is 0 Å². The zero-order valence-electron chi connectivity index (χ0n) is 14.0. The van der Waals surface area contributed by atoms with Crippen molar-refractivity contribution in [3.8, 4) is 11.3 Å². The first-order valence-corrected chi connectivity index (χ1v) is 9.78. The van der Waals surface area contributed by atoms with E-state index < -0.39 is 11.6 Å². The second-order valence-corrected chi connectivity index (χ2v) is 7.78. The molecule has 1 amide bonds. The van der Waals surface area contributed by atoms with Gasteiger partial charge in [0.2, 0.25) is 5.91 Å². The summed E-state index contributed by atoms with van der Waals surface area (Å²) in [5.74, 6) is -1.40. The van der Waals surface area contributed by atoms with E-state index in [1.807, 2.05) is 36.6 Å². The van der Waals surface area contributed by atoms with Crippen LogP contribution in [-0.2, 0) is 4.79 Å². The first kappa shape index (κ1) is 18.5. The Morgan fingerprint density at radius 1 is 1.15 bits per heavy atom. The average Bonchev–Trinajstić information content (AvgIpc) is 3.05. The van der Waals surface area contributed by atoms with Crippen LogP contribution in [0.3, 0.4) is 0 Å². The predicted molar refractivity (Wildman–Crippen MR) is 103 cm³/mol. The Hall–Kier alpha value is -2.25. The topological polar surface area (TPSA) is 42.0 Å². The molecule has 0 spiro atoms. The fourth-order valence-electron chi connectivity index (χ4n) is 2.27. The van der Waals surface area contributed by atoms with Gasteiger partial charge in [0.25, 0.3) is 0 Å². The smallest absolute Gasteiger partial charge is 0.225 e. The summed E-state index contributed by atoms with van der Waals surface area (Å²) in [6, 6.07) is 11.2. The van der Waals surface area contributed by atoms with Crippen molar-refractivity contribution in [2.75, 3.05) is 11.1 Å². The highest BCUT2D eigenvalue weighted by molar-refractivity contribution is 7.99. The predicted octanol–water partition coefficient (Wildman–Crippen LogP) is 5.52. The van der Waals surface area contributed by atoms with E-state index in [4.69, 9.17) is 0 Å². The molecule has 26 heavy (non-hydrogen) atoms. The first-order chi connectivity index (χ1) is 12.5. The molecule has 3 aromatic rings. The number of nitrogens with one attached hydrogen (secondary N) is 1. The van der Waals surface area contributed by atoms with Crippen molar-refractivity contribution in [1.29, 1.82) is 0 Å². The minimum Gasteiger partial charge on any atom is -0.326 e. The van der Waals surface area contributed by atoms with Crippen LogP contribution in [0.4, 0.5) is 14.5 Å². The lowest BCUT2D eigenvalue weighted by atomic mass is 10.1. The quantitative estimate of drug-likeness (QED) is 0.564. The third-order valence-corrected chi connectivity index (χ3v) is 5.34. The number of hydrogen-bond donors (Lipinski definition) is 1. The molecular formula is C19H16F2N2OS2. The molecule has 0 unspecified atom stereocenters. The summed E-state index contributed by atoms with van der Waals surface area (Å²) in [6.07, 6.45) is 0.274. The molecule has 0 atom stereocenters. The molecule has 2 aromatic carbocycles. The molecule has 0 saturated heterocycles. The molecule has 1 heterocycles. The lowest BCUT2D eigenvalue weighted by molar-refractivity contribution is -0.115. The number of carbonyl (C=O) groups is 1. The number of anilines is 1. The number of carbonyl (C=O) groups excluding carboxylic acids is 1. The molecule has 1 aromatic heterocycles. The number of aromatic nitrogens is 1. The van der Waals surface area contributed by atoms with Crippen molar-refractivity contribution in [2.45, 2.75) is 18.2 Å². The zero-order chi connectivity index (χ0) is 18.5. The van der Waals surface area contributed by atoms with Crippen LogP contribution in [-0.4, -0.2) is 16.6 Å². The summed E-state index contributed by atoms with van der Waals surface area (Å²) >= 11 is 2.91. The van der Waals surface area contributed by atoms with Crippen molar-refractivity contribution >= 4 is 34.7 Å². The second kappa shape index (κ2) is 8.42. The lowest BCUT2D eigenvalue weighted by Gasteiger charge is -2.06. The summed E-state index contributed by atoms with van der Waals surface area (Å²) in [6.45, 7) is 1.96. The van der Waals surface area contributed by atoms with E-state index in [0.717, 1.165) is 28.4 Å². The lowest BCUT2D eigenvalue weighted by Crippen LogP contribution is -2.12. The summed E-state index contributed by atoms with van der Waals surface area (Å²) in [5.41, 5.74) is 2.64. The van der Waals surface area contributed by atoms with Crippen LogP contribution in [0.25, 0.3) is 11.3 Å². The van der Waals surface area contributed by atoms with Gasteiger partial charge in [0.05, 0.1) is 10.7 Å². The van der Waals surface area contributed by atoms with Crippen molar-refractivity contribution < 1.29 is 13.6 Å². The molecule has 7 heteroatoms. The Labute approximate surface area is 158 Å². The van der Waals surface area contributed by atoms with Gasteiger partial charge in [0, 0.05) is 33.7 Å². The second-order valence-electron chi connectivity index (χ2n) is 5.55. The Morgan fingerprint density at radius 3 is 2.58 bits per heavy atom. The zero-order valence-corrected chi connectivity index (χ0v) is 15.6. The number of amides is 1. The average molecular weight is 390 g/mol. The molecule has 0 radical (unpaired) electrons. The van der Waals surface area contributed by atoms with Gasteiger partial charge in [-0.1, -0.05) is 12.1 Å². The van der Waals surface area contributed by atoms with E-state index in [2.05, 4.69) is 10.3 Å². The molecule has 0 aliphatic heterocycles. The van der Waals surface area contributed by atoms with Gasteiger partial charge in [0.1, 0.15) is 0 Å². The Balaban J connectivity index is 1.49. The minimum absolute atomic E-state index is 0.127. The summed E-state index contributed by atoms with van der Waals surface area (Å²) in [4.78, 5) is 17.0. The SMILES string of the molecule is Cc1nc(-c2ccc(NC(=O)CCSc3ccc(F)c(F)c3)cc2)cs1. The van der Waals surface area contributed by atoms with Crippen LogP contribution < -0.4 is 5.32 Å². The maximum Gasteiger partial charge on any atom is 0.225 e. The Bertz CT molecular complexity index is 910. The molecule has 3 nitrogen and oxygen atoms in total. The summed E-state index contributed by atoms with van der Waals surface area (Å²) in [7, 11) is 0. The maximum absolute atomic E-state index is 13.1. The van der Waals surface area contributed by atoms with Crippen LogP contribution in [0.1, 0.15) is 11.4 Å². The highest BCUT2D eigenvalue weighted by Crippen LogP contribution is 2.24. The van der Waals surface area contributed by atoms with Gasteiger partial charge in [0.15, 0.2) is 11.6 Å². The van der Waals surface area contributed by atoms with Crippen molar-refractivity contribution in [1.82, 2.24) is 4.98 Å². The standard InChI is InChI=1S/C19H16F2N2OS2/c1-12-22-18(11-26-12)13-2-4-14(5-3-13)23-19(24)8-9-25-15-6-7-16(20)17(21)10-15/h2-7,10-11H,8-9H2,1H3,(H,23,24). The van der Waals surface area contributed by atoms with Gasteiger partial charge < -0.3 is 5.32 Å². The molecular weight excluding hydrogens is 374 g/mol. The first-order valence-electron chi connectivity index (χ1n) is 7.91. The number of thioether (sulfide) groups is 1. The molecule has 0 bridgehead atoms. The number of nitrogens with zero attached hydrogens (tertiary/aromatic N) is 1. The van der Waals surface area contributed by atoms with Crippen molar-refractivity contribution in [3.63, 3.8) is 0 Å². The number of benzene rings is 2. The normalized spacial score (nSPS) is 10.7. The van der Waals surface area contributed by atoms with Gasteiger partial charge in [-0.2, -0.15) is 0 Å². The number of aryl methyl sites for hydroxylation is 1. The van der Waals surface area contributed by atoms with Crippen LogP contribution in [0.2, 0.25) is 0 Å². The molecule has 3 rings (SSSR count). The molecule has 0 aliphatic rings. The largest absolute Gasteiger partial charge is 0.326 e. The summed E-state index contributed by atoms with van der Waals surface area (Å²) in [5, 5.41) is 5.84. The van der Waals surface area contributed by atoms with E-state index in [0.29, 0.717) is 16.3 Å². The minimum atomic E-state index is -0.880. The fraction of sp³-hybridized carbons (Fsp3) is 0.158. The van der Waals surface area contributed by atoms with Crippen LogP contribution in [0, 0.1) is 18.6 Å². The number of halogens is 2. The summed E-state index contributed by atoms with van der Waals surface area (Å²) < 4.78 is 26.0. The van der Waals surface area contributed by atoms with Crippen molar-refractivity contribution in [3.05, 3.63) is 64.5 Å². The van der Waals surface area contributed by atoms with E-state index in [1.54, 1.807) is 11.3 Å². The number of thiazole rings is 1. The molecule has 1 N–H and O–H groups in total. The Kier molecular flexibility index (Phi) is 6.00. The monoisotopic (exact) mass is 390 g/mol. The Morgan fingerprint density at radius 2 is 1.92 bits per heavy atom. The van der Waals surface area contributed by atoms with Gasteiger partial charge in [-0.3, -0.25) is 4.79 Å². The van der Waals surface area contributed by atoms with Crippen molar-refractivity contribution in [2.24, 2.45) is 0 Å². The molecule has 0 fully saturated rings. The highest BCUT2D eigenvalue weighted by atomic mass is 32.2. The fourth-order valence-corrected chi connectivity index (χ4v) is 3.77. The third-order valence-electron chi connectivity index (χ3n) is 3.57. The van der Waals surface area contributed by atoms with Gasteiger partial charge in [-0.25, -0.2) is 13.8 Å². The van der Waals surface area contributed by atoms with E-state index in [1.165, 1.54) is 17.8 Å². The van der Waals surface area contributed by atoms with E-state index >= 15 is 0 Å². The highest BCUT2D eigenvalue weighted by Gasteiger charge is 2.07. The maximum atomic E-state index is 13.1. The van der Waals surface area contributed by atoms with Gasteiger partial charge in [-0.15, -0.1) is 23.1 Å². The third kappa shape index (κ3) is 4.89. The molecule has 0 aliphatic carbocycles.